The molecule has 10 heteroatoms. The van der Waals surface area contributed by atoms with Crippen LogP contribution in [0.5, 0.6) is 11.5 Å². The first-order chi connectivity index (χ1) is 10.6. The number of phenolic OH excluding ortho intramolecular Hbond substituents is 1. The summed E-state index contributed by atoms with van der Waals surface area (Å²) in [5, 5.41) is 26.6. The van der Waals surface area contributed by atoms with Crippen molar-refractivity contribution in [1.82, 2.24) is 10.2 Å². The highest BCUT2D eigenvalue weighted by Crippen LogP contribution is 2.38. The van der Waals surface area contributed by atoms with Crippen molar-refractivity contribution >= 4 is 45.9 Å². The summed E-state index contributed by atoms with van der Waals surface area (Å²) in [7, 11) is 1.83. The molecule has 0 saturated carbocycles. The van der Waals surface area contributed by atoms with Gasteiger partial charge < -0.3 is 14.7 Å². The summed E-state index contributed by atoms with van der Waals surface area (Å²) >= 11 is 5.39. The molecule has 22 heavy (non-hydrogen) atoms. The summed E-state index contributed by atoms with van der Waals surface area (Å²) in [5.41, 5.74) is 0.917. The van der Waals surface area contributed by atoms with Gasteiger partial charge in [0.05, 0.1) is 12.3 Å². The number of azo groups is 1. The van der Waals surface area contributed by atoms with Gasteiger partial charge in [-0.1, -0.05) is 11.3 Å². The Morgan fingerprint density at radius 2 is 2.27 bits per heavy atom. The second-order valence-electron chi connectivity index (χ2n) is 4.51. The van der Waals surface area contributed by atoms with E-state index in [9.17, 15) is 9.90 Å². The van der Waals surface area contributed by atoms with Crippen LogP contribution in [0, 0.1) is 0 Å². The number of hydrogen-bond donors (Lipinski definition) is 2. The van der Waals surface area contributed by atoms with Crippen LogP contribution in [0.15, 0.2) is 22.4 Å². The van der Waals surface area contributed by atoms with Gasteiger partial charge in [-0.05, 0) is 6.07 Å². The van der Waals surface area contributed by atoms with E-state index in [1.807, 2.05) is 7.05 Å². The number of nitrogens with zero attached hydrogens (tertiary/aromatic N) is 5. The minimum Gasteiger partial charge on any atom is -0.505 e. The first-order valence-corrected chi connectivity index (χ1v) is 7.65. The molecule has 0 amide bonds. The molecule has 0 spiro atoms. The SMILES string of the molecule is CN(CS)c1nnc(/N=N/c2cc3c(cc2O)OC(=O)C3)s1. The maximum atomic E-state index is 11.2. The smallest absolute Gasteiger partial charge is 0.315 e. The number of carbonyl (C=O) groups excluding carboxylic acids is 1. The summed E-state index contributed by atoms with van der Waals surface area (Å²) in [5.74, 6) is 0.391. The zero-order valence-electron chi connectivity index (χ0n) is 11.4. The van der Waals surface area contributed by atoms with E-state index in [4.69, 9.17) is 4.74 Å². The summed E-state index contributed by atoms with van der Waals surface area (Å²) < 4.78 is 4.94. The van der Waals surface area contributed by atoms with Crippen LogP contribution in [0.4, 0.5) is 16.0 Å². The first kappa shape index (κ1) is 14.7. The lowest BCUT2D eigenvalue weighted by molar-refractivity contribution is -0.131. The minimum atomic E-state index is -0.355. The Balaban J connectivity index is 1.83. The van der Waals surface area contributed by atoms with Crippen LogP contribution in [0.3, 0.4) is 0 Å². The van der Waals surface area contributed by atoms with Crippen LogP contribution in [0.1, 0.15) is 5.56 Å². The van der Waals surface area contributed by atoms with Crippen molar-refractivity contribution in [3.05, 3.63) is 17.7 Å². The molecule has 1 aliphatic heterocycles. The van der Waals surface area contributed by atoms with Crippen molar-refractivity contribution in [2.24, 2.45) is 10.2 Å². The molecule has 2 aromatic rings. The number of phenols is 1. The highest BCUT2D eigenvalue weighted by molar-refractivity contribution is 7.80. The summed E-state index contributed by atoms with van der Waals surface area (Å²) in [4.78, 5) is 13.0. The van der Waals surface area contributed by atoms with Crippen molar-refractivity contribution in [2.75, 3.05) is 17.8 Å². The number of benzene rings is 1. The molecule has 2 heterocycles. The minimum absolute atomic E-state index is 0.116. The Bertz CT molecular complexity index is 761. The molecule has 1 aliphatic rings. The molecule has 0 bridgehead atoms. The molecule has 1 aromatic heterocycles. The Morgan fingerprint density at radius 3 is 3.05 bits per heavy atom. The van der Waals surface area contributed by atoms with Crippen LogP contribution >= 0.6 is 24.0 Å². The second kappa shape index (κ2) is 5.89. The van der Waals surface area contributed by atoms with Crippen LogP contribution in [0.2, 0.25) is 0 Å². The molecule has 0 atom stereocenters. The monoisotopic (exact) mass is 337 g/mol. The number of carbonyl (C=O) groups is 1. The van der Waals surface area contributed by atoms with E-state index in [1.165, 1.54) is 17.4 Å². The largest absolute Gasteiger partial charge is 0.505 e. The van der Waals surface area contributed by atoms with Crippen molar-refractivity contribution in [2.45, 2.75) is 6.42 Å². The number of hydrogen-bond acceptors (Lipinski definition) is 10. The van der Waals surface area contributed by atoms with Gasteiger partial charge in [-0.15, -0.1) is 20.4 Å². The number of aromatic hydroxyl groups is 1. The Morgan fingerprint density at radius 1 is 1.45 bits per heavy atom. The van der Waals surface area contributed by atoms with E-state index in [0.717, 1.165) is 0 Å². The molecule has 8 nitrogen and oxygen atoms in total. The molecule has 0 aliphatic carbocycles. The number of fused-ring (bicyclic) bond motifs is 1. The normalized spacial score (nSPS) is 13.5. The van der Waals surface area contributed by atoms with E-state index in [2.05, 4.69) is 33.1 Å². The third-order valence-corrected chi connectivity index (χ3v) is 4.25. The average Bonchev–Trinajstić information content (AvgIpc) is 3.09. The molecule has 0 fully saturated rings. The van der Waals surface area contributed by atoms with Gasteiger partial charge >= 0.3 is 5.97 Å². The summed E-state index contributed by atoms with van der Waals surface area (Å²) in [6.45, 7) is 0. The topological polar surface area (TPSA) is 100 Å². The van der Waals surface area contributed by atoms with Gasteiger partial charge in [0, 0.05) is 18.7 Å². The van der Waals surface area contributed by atoms with E-state index in [-0.39, 0.29) is 23.8 Å². The van der Waals surface area contributed by atoms with Gasteiger partial charge in [-0.3, -0.25) is 4.79 Å². The zero-order chi connectivity index (χ0) is 15.7. The molecule has 3 rings (SSSR count). The predicted molar refractivity (Wildman–Crippen MR) is 83.8 cm³/mol. The standard InChI is InChI=1S/C12H11N5O3S2/c1-17(5-21)12-16-15-11(22-12)14-13-7-2-6-3-10(19)20-9(6)4-8(7)18/h2,4,18,21H,3,5H2,1H3/b14-13+. The number of rotatable bonds is 4. The predicted octanol–water partition coefficient (Wildman–Crippen LogP) is 2.44. The lowest BCUT2D eigenvalue weighted by Gasteiger charge is -2.08. The van der Waals surface area contributed by atoms with E-state index in [0.29, 0.717) is 27.5 Å². The Hall–Kier alpha value is -2.20. The van der Waals surface area contributed by atoms with Gasteiger partial charge in [0.15, 0.2) is 0 Å². The number of anilines is 1. The summed E-state index contributed by atoms with van der Waals surface area (Å²) in [6.07, 6.45) is 0.161. The van der Waals surface area contributed by atoms with Crippen LogP contribution in [0.25, 0.3) is 0 Å². The van der Waals surface area contributed by atoms with Gasteiger partial charge in [-0.25, -0.2) is 0 Å². The Labute approximate surface area is 134 Å². The van der Waals surface area contributed by atoms with Crippen molar-refractivity contribution in [1.29, 1.82) is 0 Å². The van der Waals surface area contributed by atoms with Crippen molar-refractivity contribution in [3.63, 3.8) is 0 Å². The molecule has 1 aromatic carbocycles. The van der Waals surface area contributed by atoms with Crippen molar-refractivity contribution in [3.8, 4) is 11.5 Å². The van der Waals surface area contributed by atoms with Crippen LogP contribution < -0.4 is 9.64 Å². The van der Waals surface area contributed by atoms with Gasteiger partial charge in [-0.2, -0.15) is 12.6 Å². The van der Waals surface area contributed by atoms with E-state index in [1.54, 1.807) is 11.0 Å². The molecule has 0 saturated heterocycles. The number of thiol groups is 1. The van der Waals surface area contributed by atoms with Gasteiger partial charge in [0.2, 0.25) is 5.13 Å². The highest BCUT2D eigenvalue weighted by atomic mass is 32.1. The maximum absolute atomic E-state index is 11.2. The molecule has 114 valence electrons. The zero-order valence-corrected chi connectivity index (χ0v) is 13.1. The van der Waals surface area contributed by atoms with E-state index < -0.39 is 0 Å². The fourth-order valence-corrected chi connectivity index (χ4v) is 2.65. The molecule has 0 radical (unpaired) electrons. The molecular weight excluding hydrogens is 326 g/mol. The lowest BCUT2D eigenvalue weighted by atomic mass is 10.1. The molecule has 1 N–H and O–H groups in total. The fourth-order valence-electron chi connectivity index (χ4n) is 1.79. The van der Waals surface area contributed by atoms with Gasteiger partial charge in [0.1, 0.15) is 17.2 Å². The third kappa shape index (κ3) is 2.88. The number of esters is 1. The lowest BCUT2D eigenvalue weighted by Crippen LogP contribution is -2.13. The quantitative estimate of drug-likeness (QED) is 0.292. The first-order valence-electron chi connectivity index (χ1n) is 6.20. The van der Waals surface area contributed by atoms with Crippen molar-refractivity contribution < 1.29 is 14.6 Å². The fraction of sp³-hybridized carbons (Fsp3) is 0.250. The Kier molecular flexibility index (Phi) is 3.94. The molecular formula is C12H11N5O3S2. The second-order valence-corrected chi connectivity index (χ2v) is 5.72. The maximum Gasteiger partial charge on any atom is 0.315 e. The average molecular weight is 337 g/mol. The van der Waals surface area contributed by atoms with Crippen LogP contribution in [-0.2, 0) is 11.2 Å². The third-order valence-electron chi connectivity index (χ3n) is 2.90. The van der Waals surface area contributed by atoms with E-state index >= 15 is 0 Å². The number of ether oxygens (including phenoxy) is 1. The summed E-state index contributed by atoms with van der Waals surface area (Å²) in [6, 6.07) is 2.93. The van der Waals surface area contributed by atoms with Crippen LogP contribution in [-0.4, -0.2) is 34.2 Å². The van der Waals surface area contributed by atoms with Gasteiger partial charge in [0.25, 0.3) is 5.13 Å². The number of aromatic nitrogens is 2. The highest BCUT2D eigenvalue weighted by Gasteiger charge is 2.22. The molecule has 0 unspecified atom stereocenters.